The van der Waals surface area contributed by atoms with Crippen LogP contribution in [0.15, 0.2) is 36.7 Å². The maximum absolute atomic E-state index is 10.6. The molecule has 2 aromatic rings. The summed E-state index contributed by atoms with van der Waals surface area (Å²) in [7, 11) is 0. The summed E-state index contributed by atoms with van der Waals surface area (Å²) in [5.74, 6) is 0.380. The molecule has 1 heterocycles. The smallest absolute Gasteiger partial charge is 0.191 e. The predicted octanol–water partition coefficient (Wildman–Crippen LogP) is 1.33. The molecule has 1 aromatic carbocycles. The average Bonchev–Trinajstić information content (AvgIpc) is 2.75. The van der Waals surface area contributed by atoms with Gasteiger partial charge in [-0.2, -0.15) is 5.10 Å². The highest BCUT2D eigenvalue weighted by Gasteiger charge is 2.01. The Balaban J connectivity index is 2.02. The third-order valence-corrected chi connectivity index (χ3v) is 2.21. The van der Waals surface area contributed by atoms with Crippen molar-refractivity contribution >= 4 is 6.29 Å². The Bertz CT molecular complexity index is 436. The molecule has 4 heteroatoms. The summed E-state index contributed by atoms with van der Waals surface area (Å²) in [6.07, 6.45) is 2.97. The van der Waals surface area contributed by atoms with Gasteiger partial charge in [0.25, 0.3) is 0 Å². The third kappa shape index (κ3) is 2.28. The van der Waals surface area contributed by atoms with Crippen molar-refractivity contribution < 1.29 is 4.79 Å². The van der Waals surface area contributed by atoms with E-state index in [0.29, 0.717) is 12.4 Å². The molecular formula is C11H11N3O. The molecule has 0 N–H and O–H groups in total. The predicted molar refractivity (Wildman–Crippen MR) is 55.6 cm³/mol. The molecule has 0 aliphatic carbocycles. The Morgan fingerprint density at radius 2 is 2.07 bits per heavy atom. The average molecular weight is 201 g/mol. The Morgan fingerprint density at radius 1 is 1.27 bits per heavy atom. The van der Waals surface area contributed by atoms with Gasteiger partial charge >= 0.3 is 0 Å². The van der Waals surface area contributed by atoms with E-state index in [-0.39, 0.29) is 0 Å². The zero-order valence-corrected chi connectivity index (χ0v) is 8.21. The number of carbonyl (C=O) groups excluding carboxylic acids is 1. The molecule has 0 amide bonds. The normalized spacial score (nSPS) is 10.1. The van der Waals surface area contributed by atoms with E-state index < -0.39 is 0 Å². The third-order valence-electron chi connectivity index (χ3n) is 2.21. The van der Waals surface area contributed by atoms with Gasteiger partial charge in [0.2, 0.25) is 0 Å². The van der Waals surface area contributed by atoms with Crippen LogP contribution in [0.2, 0.25) is 0 Å². The summed E-state index contributed by atoms with van der Waals surface area (Å²) in [5, 5.41) is 3.98. The number of hydrogen-bond acceptors (Lipinski definition) is 3. The van der Waals surface area contributed by atoms with Crippen LogP contribution in [0.25, 0.3) is 0 Å². The number of aldehydes is 1. The van der Waals surface area contributed by atoms with Gasteiger partial charge in [-0.3, -0.25) is 4.79 Å². The van der Waals surface area contributed by atoms with Crippen LogP contribution in [0.1, 0.15) is 16.2 Å². The molecule has 4 nitrogen and oxygen atoms in total. The van der Waals surface area contributed by atoms with Gasteiger partial charge in [-0.25, -0.2) is 9.67 Å². The molecule has 0 aliphatic rings. The van der Waals surface area contributed by atoms with Crippen LogP contribution in [0.4, 0.5) is 0 Å². The largest absolute Gasteiger partial charge is 0.294 e. The van der Waals surface area contributed by atoms with Crippen LogP contribution in [0.3, 0.4) is 0 Å². The molecule has 76 valence electrons. The second kappa shape index (κ2) is 4.50. The first-order valence-electron chi connectivity index (χ1n) is 4.77. The first kappa shape index (κ1) is 9.58. The molecule has 0 saturated heterocycles. The van der Waals surface area contributed by atoms with Crippen molar-refractivity contribution in [2.75, 3.05) is 0 Å². The molecule has 0 saturated carbocycles. The van der Waals surface area contributed by atoms with Crippen LogP contribution in [0.5, 0.6) is 0 Å². The van der Waals surface area contributed by atoms with Crippen molar-refractivity contribution in [3.8, 4) is 0 Å². The summed E-state index contributed by atoms with van der Waals surface area (Å²) >= 11 is 0. The van der Waals surface area contributed by atoms with Crippen molar-refractivity contribution in [2.24, 2.45) is 0 Å². The molecule has 0 aliphatic heterocycles. The Kier molecular flexibility index (Phi) is 2.88. The highest BCUT2D eigenvalue weighted by molar-refractivity contribution is 5.68. The van der Waals surface area contributed by atoms with E-state index in [9.17, 15) is 4.79 Å². The SMILES string of the molecule is O=Cc1ncnn1CCc1ccccc1. The van der Waals surface area contributed by atoms with E-state index in [1.165, 1.54) is 11.9 Å². The van der Waals surface area contributed by atoms with Crippen LogP contribution < -0.4 is 0 Å². The Labute approximate surface area is 87.6 Å². The Hall–Kier alpha value is -1.97. The first-order chi connectivity index (χ1) is 7.40. The van der Waals surface area contributed by atoms with Gasteiger partial charge < -0.3 is 0 Å². The molecule has 0 fully saturated rings. The molecular weight excluding hydrogens is 190 g/mol. The lowest BCUT2D eigenvalue weighted by molar-refractivity contribution is 0.111. The quantitative estimate of drug-likeness (QED) is 0.701. The Morgan fingerprint density at radius 3 is 2.80 bits per heavy atom. The number of aromatic nitrogens is 3. The fraction of sp³-hybridized carbons (Fsp3) is 0.182. The van der Waals surface area contributed by atoms with E-state index >= 15 is 0 Å². The van der Waals surface area contributed by atoms with Gasteiger partial charge in [0.15, 0.2) is 12.1 Å². The fourth-order valence-corrected chi connectivity index (χ4v) is 1.42. The second-order valence-electron chi connectivity index (χ2n) is 3.19. The summed E-state index contributed by atoms with van der Waals surface area (Å²) in [6.45, 7) is 0.679. The van der Waals surface area contributed by atoms with Gasteiger partial charge in [0.05, 0.1) is 0 Å². The van der Waals surface area contributed by atoms with E-state index in [0.717, 1.165) is 12.7 Å². The number of carbonyl (C=O) groups is 1. The van der Waals surface area contributed by atoms with Crippen LogP contribution in [-0.2, 0) is 13.0 Å². The minimum Gasteiger partial charge on any atom is -0.294 e. The van der Waals surface area contributed by atoms with Crippen molar-refractivity contribution in [3.05, 3.63) is 48.0 Å². The second-order valence-corrected chi connectivity index (χ2v) is 3.19. The van der Waals surface area contributed by atoms with Gasteiger partial charge in [-0.05, 0) is 12.0 Å². The highest BCUT2D eigenvalue weighted by Crippen LogP contribution is 2.01. The summed E-state index contributed by atoms with van der Waals surface area (Å²) in [6, 6.07) is 10.1. The van der Waals surface area contributed by atoms with E-state index in [4.69, 9.17) is 0 Å². The molecule has 0 spiro atoms. The highest BCUT2D eigenvalue weighted by atomic mass is 16.1. The number of benzene rings is 1. The monoisotopic (exact) mass is 201 g/mol. The van der Waals surface area contributed by atoms with Crippen LogP contribution in [0, 0.1) is 0 Å². The maximum atomic E-state index is 10.6. The lowest BCUT2D eigenvalue weighted by atomic mass is 10.1. The topological polar surface area (TPSA) is 47.8 Å². The first-order valence-corrected chi connectivity index (χ1v) is 4.77. The van der Waals surface area contributed by atoms with Crippen molar-refractivity contribution in [1.82, 2.24) is 14.8 Å². The van der Waals surface area contributed by atoms with Gasteiger partial charge in [0, 0.05) is 6.54 Å². The molecule has 1 aromatic heterocycles. The minimum atomic E-state index is 0.380. The fourth-order valence-electron chi connectivity index (χ4n) is 1.42. The zero-order chi connectivity index (χ0) is 10.5. The summed E-state index contributed by atoms with van der Waals surface area (Å²) in [4.78, 5) is 14.4. The molecule has 0 atom stereocenters. The number of aryl methyl sites for hydroxylation is 2. The van der Waals surface area contributed by atoms with Crippen LogP contribution >= 0.6 is 0 Å². The van der Waals surface area contributed by atoms with E-state index in [1.807, 2.05) is 18.2 Å². The maximum Gasteiger partial charge on any atom is 0.191 e. The van der Waals surface area contributed by atoms with Crippen LogP contribution in [-0.4, -0.2) is 21.1 Å². The van der Waals surface area contributed by atoms with Gasteiger partial charge in [0.1, 0.15) is 6.33 Å². The molecule has 15 heavy (non-hydrogen) atoms. The molecule has 2 rings (SSSR count). The molecule has 0 radical (unpaired) electrons. The van der Waals surface area contributed by atoms with Crippen molar-refractivity contribution in [3.63, 3.8) is 0 Å². The standard InChI is InChI=1S/C11H11N3O/c15-8-11-12-9-13-14(11)7-6-10-4-2-1-3-5-10/h1-5,8-9H,6-7H2. The summed E-state index contributed by atoms with van der Waals surface area (Å²) in [5.41, 5.74) is 1.23. The van der Waals surface area contributed by atoms with Crippen molar-refractivity contribution in [1.29, 1.82) is 0 Å². The van der Waals surface area contributed by atoms with E-state index in [1.54, 1.807) is 4.68 Å². The summed E-state index contributed by atoms with van der Waals surface area (Å²) < 4.78 is 1.61. The number of nitrogens with zero attached hydrogens (tertiary/aromatic N) is 3. The minimum absolute atomic E-state index is 0.380. The van der Waals surface area contributed by atoms with Crippen molar-refractivity contribution in [2.45, 2.75) is 13.0 Å². The van der Waals surface area contributed by atoms with Gasteiger partial charge in [-0.15, -0.1) is 0 Å². The van der Waals surface area contributed by atoms with E-state index in [2.05, 4.69) is 22.2 Å². The lowest BCUT2D eigenvalue weighted by Crippen LogP contribution is -2.07. The number of rotatable bonds is 4. The number of hydrogen-bond donors (Lipinski definition) is 0. The zero-order valence-electron chi connectivity index (χ0n) is 8.21. The van der Waals surface area contributed by atoms with Gasteiger partial charge in [-0.1, -0.05) is 30.3 Å². The lowest BCUT2D eigenvalue weighted by Gasteiger charge is -2.02. The molecule has 0 bridgehead atoms. The molecule has 0 unspecified atom stereocenters.